The van der Waals surface area contributed by atoms with Gasteiger partial charge in [0.2, 0.25) is 0 Å². The highest BCUT2D eigenvalue weighted by molar-refractivity contribution is 7.90. The maximum atomic E-state index is 13.4. The molecule has 1 aliphatic rings. The summed E-state index contributed by atoms with van der Waals surface area (Å²) in [5.74, 6) is -0.253. The van der Waals surface area contributed by atoms with Crippen molar-refractivity contribution in [3.8, 4) is 21.6 Å². The molecule has 4 rings (SSSR count). The topological polar surface area (TPSA) is 37.4 Å². The molecule has 0 unspecified atom stereocenters. The van der Waals surface area contributed by atoms with Crippen LogP contribution in [0.5, 0.6) is 0 Å². The molecule has 1 saturated heterocycles. The minimum atomic E-state index is -3.23. The van der Waals surface area contributed by atoms with Crippen LogP contribution in [0.3, 0.4) is 0 Å². The summed E-state index contributed by atoms with van der Waals surface area (Å²) < 4.78 is 36.9. The van der Waals surface area contributed by atoms with Crippen molar-refractivity contribution >= 4 is 33.6 Å². The molecule has 1 aromatic heterocycles. The van der Waals surface area contributed by atoms with Gasteiger partial charge in [-0.3, -0.25) is 4.90 Å². The van der Waals surface area contributed by atoms with E-state index >= 15 is 0 Å². The van der Waals surface area contributed by atoms with E-state index in [0.717, 1.165) is 41.2 Å². The Bertz CT molecular complexity index is 1070. The van der Waals surface area contributed by atoms with E-state index in [-0.39, 0.29) is 18.2 Å². The number of halogens is 2. The Balaban J connectivity index is 0.00000240. The standard InChI is InChI=1S/C22H22FNO2S2.ClH/c1-28(25,26)20-10-6-16(7-11-20)21-14-19(15-24-12-2-3-13-24)27-22(21)17-4-8-18(23)9-5-17;/h4-11,14H,2-3,12-13,15H2,1H3;1H. The summed E-state index contributed by atoms with van der Waals surface area (Å²) in [6.07, 6.45) is 3.71. The largest absolute Gasteiger partial charge is 0.298 e. The van der Waals surface area contributed by atoms with Crippen LogP contribution in [-0.4, -0.2) is 32.7 Å². The molecule has 0 N–H and O–H groups in total. The summed E-state index contributed by atoms with van der Waals surface area (Å²) in [6.45, 7) is 3.17. The quantitative estimate of drug-likeness (QED) is 0.503. The predicted molar refractivity (Wildman–Crippen MR) is 120 cm³/mol. The van der Waals surface area contributed by atoms with Crippen molar-refractivity contribution in [1.82, 2.24) is 4.90 Å². The number of hydrogen-bond acceptors (Lipinski definition) is 4. The Hall–Kier alpha value is -1.73. The minimum absolute atomic E-state index is 0. The highest BCUT2D eigenvalue weighted by Gasteiger charge is 2.18. The Kier molecular flexibility index (Phi) is 6.79. The number of likely N-dealkylation sites (tertiary alicyclic amines) is 1. The Morgan fingerprint density at radius 2 is 1.55 bits per heavy atom. The van der Waals surface area contributed by atoms with E-state index in [4.69, 9.17) is 0 Å². The molecule has 0 atom stereocenters. The second kappa shape index (κ2) is 8.96. The van der Waals surface area contributed by atoms with Crippen LogP contribution in [0.2, 0.25) is 0 Å². The van der Waals surface area contributed by atoms with E-state index in [1.54, 1.807) is 35.6 Å². The maximum Gasteiger partial charge on any atom is 0.175 e. The van der Waals surface area contributed by atoms with Gasteiger partial charge < -0.3 is 0 Å². The van der Waals surface area contributed by atoms with Gasteiger partial charge in [0.25, 0.3) is 0 Å². The van der Waals surface area contributed by atoms with Gasteiger partial charge in [0.05, 0.1) is 4.90 Å². The molecule has 7 heteroatoms. The van der Waals surface area contributed by atoms with Gasteiger partial charge >= 0.3 is 0 Å². The highest BCUT2D eigenvalue weighted by atomic mass is 35.5. The molecule has 0 radical (unpaired) electrons. The van der Waals surface area contributed by atoms with Gasteiger partial charge in [-0.25, -0.2) is 12.8 Å². The fraction of sp³-hybridized carbons (Fsp3) is 0.273. The zero-order valence-corrected chi connectivity index (χ0v) is 18.5. The van der Waals surface area contributed by atoms with Crippen molar-refractivity contribution in [2.45, 2.75) is 24.3 Å². The van der Waals surface area contributed by atoms with Crippen LogP contribution in [0.15, 0.2) is 59.5 Å². The third kappa shape index (κ3) is 5.07. The second-order valence-corrected chi connectivity index (χ2v) is 10.4. The molecular formula is C22H23ClFNO2S2. The van der Waals surface area contributed by atoms with Crippen LogP contribution < -0.4 is 0 Å². The summed E-state index contributed by atoms with van der Waals surface area (Å²) in [5, 5.41) is 0. The van der Waals surface area contributed by atoms with Crippen molar-refractivity contribution in [2.75, 3.05) is 19.3 Å². The van der Waals surface area contributed by atoms with E-state index in [2.05, 4.69) is 11.0 Å². The first-order valence-electron chi connectivity index (χ1n) is 9.32. The minimum Gasteiger partial charge on any atom is -0.298 e. The number of nitrogens with zero attached hydrogens (tertiary/aromatic N) is 1. The van der Waals surface area contributed by atoms with Crippen molar-refractivity contribution in [3.05, 3.63) is 65.3 Å². The van der Waals surface area contributed by atoms with Crippen LogP contribution in [0.4, 0.5) is 4.39 Å². The van der Waals surface area contributed by atoms with E-state index in [1.165, 1.54) is 36.1 Å². The molecular weight excluding hydrogens is 429 g/mol. The average molecular weight is 452 g/mol. The van der Waals surface area contributed by atoms with E-state index in [9.17, 15) is 12.8 Å². The third-order valence-electron chi connectivity index (χ3n) is 5.06. The average Bonchev–Trinajstić information content (AvgIpc) is 3.32. The summed E-state index contributed by atoms with van der Waals surface area (Å²) >= 11 is 1.73. The van der Waals surface area contributed by atoms with Crippen LogP contribution in [0, 0.1) is 5.82 Å². The molecule has 3 nitrogen and oxygen atoms in total. The van der Waals surface area contributed by atoms with Crippen LogP contribution >= 0.6 is 23.7 Å². The van der Waals surface area contributed by atoms with Crippen molar-refractivity contribution in [1.29, 1.82) is 0 Å². The molecule has 1 fully saturated rings. The molecule has 0 bridgehead atoms. The number of benzene rings is 2. The number of hydrogen-bond donors (Lipinski definition) is 0. The van der Waals surface area contributed by atoms with Gasteiger partial charge in [-0.05, 0) is 67.4 Å². The fourth-order valence-corrected chi connectivity index (χ4v) is 5.45. The molecule has 154 valence electrons. The number of thiophene rings is 1. The lowest BCUT2D eigenvalue weighted by atomic mass is 10.0. The molecule has 2 heterocycles. The van der Waals surface area contributed by atoms with Gasteiger partial charge in [-0.15, -0.1) is 23.7 Å². The van der Waals surface area contributed by atoms with Gasteiger partial charge in [0, 0.05) is 28.1 Å². The Labute approximate surface area is 181 Å². The zero-order chi connectivity index (χ0) is 19.7. The SMILES string of the molecule is CS(=O)(=O)c1ccc(-c2cc(CN3CCCC3)sc2-c2ccc(F)cc2)cc1.Cl. The third-order valence-corrected chi connectivity index (χ3v) is 7.36. The first-order valence-corrected chi connectivity index (χ1v) is 12.0. The lowest BCUT2D eigenvalue weighted by Gasteiger charge is -2.12. The highest BCUT2D eigenvalue weighted by Crippen LogP contribution is 2.40. The Morgan fingerprint density at radius 3 is 2.14 bits per heavy atom. The van der Waals surface area contributed by atoms with E-state index < -0.39 is 9.84 Å². The monoisotopic (exact) mass is 451 g/mol. The molecule has 1 aliphatic heterocycles. The fourth-order valence-electron chi connectivity index (χ4n) is 3.59. The van der Waals surface area contributed by atoms with Gasteiger partial charge in [-0.2, -0.15) is 0 Å². The first kappa shape index (κ1) is 22.0. The summed E-state index contributed by atoms with van der Waals surface area (Å²) in [7, 11) is -3.23. The van der Waals surface area contributed by atoms with Crippen LogP contribution in [-0.2, 0) is 16.4 Å². The van der Waals surface area contributed by atoms with Gasteiger partial charge in [0.15, 0.2) is 9.84 Å². The summed E-state index contributed by atoms with van der Waals surface area (Å²) in [6, 6.07) is 15.8. The smallest absolute Gasteiger partial charge is 0.175 e. The number of sulfone groups is 1. The normalized spacial score (nSPS) is 14.7. The number of rotatable bonds is 5. The molecule has 0 aliphatic carbocycles. The van der Waals surface area contributed by atoms with Crippen LogP contribution in [0.1, 0.15) is 17.7 Å². The van der Waals surface area contributed by atoms with E-state index in [1.807, 2.05) is 12.1 Å². The lowest BCUT2D eigenvalue weighted by Crippen LogP contribution is -2.17. The van der Waals surface area contributed by atoms with Crippen LogP contribution in [0.25, 0.3) is 21.6 Å². The Morgan fingerprint density at radius 1 is 0.966 bits per heavy atom. The van der Waals surface area contributed by atoms with Gasteiger partial charge in [-0.1, -0.05) is 24.3 Å². The molecule has 3 aromatic rings. The van der Waals surface area contributed by atoms with E-state index in [0.29, 0.717) is 4.90 Å². The molecule has 0 saturated carbocycles. The maximum absolute atomic E-state index is 13.4. The van der Waals surface area contributed by atoms with Gasteiger partial charge in [0.1, 0.15) is 5.82 Å². The molecule has 29 heavy (non-hydrogen) atoms. The lowest BCUT2D eigenvalue weighted by molar-refractivity contribution is 0.334. The second-order valence-electron chi connectivity index (χ2n) is 7.24. The summed E-state index contributed by atoms with van der Waals surface area (Å²) in [5.41, 5.74) is 3.00. The van der Waals surface area contributed by atoms with Crippen molar-refractivity contribution in [2.24, 2.45) is 0 Å². The van der Waals surface area contributed by atoms with Crippen molar-refractivity contribution in [3.63, 3.8) is 0 Å². The summed E-state index contributed by atoms with van der Waals surface area (Å²) in [4.78, 5) is 5.12. The first-order chi connectivity index (χ1) is 13.4. The van der Waals surface area contributed by atoms with Crippen molar-refractivity contribution < 1.29 is 12.8 Å². The molecule has 0 amide bonds. The predicted octanol–water partition coefficient (Wildman–Crippen LogP) is 5.64. The molecule has 2 aromatic carbocycles. The zero-order valence-electron chi connectivity index (χ0n) is 16.1. The molecule has 0 spiro atoms.